The number of benzene rings is 1. The van der Waals surface area contributed by atoms with E-state index in [1.54, 1.807) is 11.9 Å². The van der Waals surface area contributed by atoms with E-state index < -0.39 is 0 Å². The molecule has 33 heavy (non-hydrogen) atoms. The highest BCUT2D eigenvalue weighted by molar-refractivity contribution is 5.86. The normalized spacial score (nSPS) is 15.9. The van der Waals surface area contributed by atoms with Gasteiger partial charge in [0.05, 0.1) is 17.8 Å². The standard InChI is InChI=1S/C25H32N6O2/c1-17-12-22(19-9-5-6-10-20(19)27-17)33-16-25(32)31(4)15-23-28-21(13-24(29-23)30(2)3)18-8-7-11-26-14-18/h5-6,9-10,12-13,18,26H,7-8,11,14-16H2,1-4H3/t18-/m0/s1. The minimum absolute atomic E-state index is 0.0588. The Balaban J connectivity index is 1.46. The van der Waals surface area contributed by atoms with Crippen molar-refractivity contribution < 1.29 is 9.53 Å². The molecular weight excluding hydrogens is 416 g/mol. The van der Waals surface area contributed by atoms with Crippen molar-refractivity contribution in [2.24, 2.45) is 0 Å². The van der Waals surface area contributed by atoms with Crippen LogP contribution in [0.2, 0.25) is 0 Å². The molecule has 174 valence electrons. The van der Waals surface area contributed by atoms with Gasteiger partial charge in [-0.05, 0) is 38.4 Å². The Hall–Kier alpha value is -3.26. The molecule has 1 N–H and O–H groups in total. The number of anilines is 1. The fourth-order valence-corrected chi connectivity index (χ4v) is 4.05. The van der Waals surface area contributed by atoms with Gasteiger partial charge in [-0.1, -0.05) is 12.1 Å². The largest absolute Gasteiger partial charge is 0.483 e. The second-order valence-electron chi connectivity index (χ2n) is 8.82. The molecule has 2 aromatic heterocycles. The van der Waals surface area contributed by atoms with Gasteiger partial charge in [-0.2, -0.15) is 0 Å². The lowest BCUT2D eigenvalue weighted by Gasteiger charge is -2.24. The van der Waals surface area contributed by atoms with Crippen molar-refractivity contribution >= 4 is 22.6 Å². The van der Waals surface area contributed by atoms with Crippen LogP contribution in [0, 0.1) is 6.92 Å². The van der Waals surface area contributed by atoms with Crippen molar-refractivity contribution in [1.82, 2.24) is 25.2 Å². The predicted molar refractivity (Wildman–Crippen MR) is 130 cm³/mol. The average Bonchev–Trinajstić information content (AvgIpc) is 2.82. The zero-order valence-corrected chi connectivity index (χ0v) is 19.8. The number of para-hydroxylation sites is 1. The minimum atomic E-state index is -0.131. The van der Waals surface area contributed by atoms with Gasteiger partial charge < -0.3 is 19.9 Å². The van der Waals surface area contributed by atoms with E-state index in [0.717, 1.165) is 54.0 Å². The molecule has 1 saturated heterocycles. The fourth-order valence-electron chi connectivity index (χ4n) is 4.05. The van der Waals surface area contributed by atoms with Crippen LogP contribution in [0.5, 0.6) is 5.75 Å². The molecule has 1 aromatic carbocycles. The number of fused-ring (bicyclic) bond motifs is 1. The number of amides is 1. The number of aromatic nitrogens is 3. The smallest absolute Gasteiger partial charge is 0.260 e. The zero-order valence-electron chi connectivity index (χ0n) is 19.8. The van der Waals surface area contributed by atoms with Crippen molar-refractivity contribution in [3.8, 4) is 5.75 Å². The summed E-state index contributed by atoms with van der Waals surface area (Å²) in [4.78, 5) is 30.5. The number of carbonyl (C=O) groups excluding carboxylic acids is 1. The predicted octanol–water partition coefficient (Wildman–Crippen LogP) is 2.90. The molecule has 4 rings (SSSR count). The van der Waals surface area contributed by atoms with Crippen molar-refractivity contribution in [1.29, 1.82) is 0 Å². The van der Waals surface area contributed by atoms with E-state index in [1.807, 2.05) is 56.3 Å². The summed E-state index contributed by atoms with van der Waals surface area (Å²) in [5, 5.41) is 4.34. The summed E-state index contributed by atoms with van der Waals surface area (Å²) < 4.78 is 5.91. The lowest BCUT2D eigenvalue weighted by molar-refractivity contribution is -0.132. The van der Waals surface area contributed by atoms with E-state index in [4.69, 9.17) is 9.72 Å². The number of carbonyl (C=O) groups is 1. The van der Waals surface area contributed by atoms with Crippen molar-refractivity contribution in [2.45, 2.75) is 32.2 Å². The average molecular weight is 449 g/mol. The SMILES string of the molecule is Cc1cc(OCC(=O)N(C)Cc2nc([C@H]3CCCNC3)cc(N(C)C)n2)c2ccccc2n1. The molecule has 0 saturated carbocycles. The number of rotatable bonds is 7. The Morgan fingerprint density at radius 1 is 1.15 bits per heavy atom. The Bertz CT molecular complexity index is 1130. The van der Waals surface area contributed by atoms with Gasteiger partial charge in [0.1, 0.15) is 17.4 Å². The van der Waals surface area contributed by atoms with Crippen LogP contribution < -0.4 is 15.0 Å². The van der Waals surface area contributed by atoms with Crippen LogP contribution in [0.1, 0.15) is 36.0 Å². The molecule has 8 heteroatoms. The first-order valence-electron chi connectivity index (χ1n) is 11.4. The summed E-state index contributed by atoms with van der Waals surface area (Å²) in [6.07, 6.45) is 2.25. The van der Waals surface area contributed by atoms with Gasteiger partial charge >= 0.3 is 0 Å². The quantitative estimate of drug-likeness (QED) is 0.595. The molecule has 3 heterocycles. The number of hydrogen-bond donors (Lipinski definition) is 1. The van der Waals surface area contributed by atoms with Crippen LogP contribution in [0.15, 0.2) is 36.4 Å². The molecule has 8 nitrogen and oxygen atoms in total. The molecule has 0 radical (unpaired) electrons. The zero-order chi connectivity index (χ0) is 23.4. The lowest BCUT2D eigenvalue weighted by atomic mass is 9.96. The molecular formula is C25H32N6O2. The van der Waals surface area contributed by atoms with E-state index >= 15 is 0 Å². The van der Waals surface area contributed by atoms with Crippen LogP contribution in [0.4, 0.5) is 5.82 Å². The monoisotopic (exact) mass is 448 g/mol. The van der Waals surface area contributed by atoms with Crippen molar-refractivity contribution in [2.75, 3.05) is 45.7 Å². The number of ether oxygens (including phenoxy) is 1. The molecule has 0 spiro atoms. The molecule has 0 aliphatic carbocycles. The summed E-state index contributed by atoms with van der Waals surface area (Å²) in [6, 6.07) is 11.7. The second kappa shape index (κ2) is 10.1. The number of likely N-dealkylation sites (N-methyl/N-ethyl adjacent to an activating group) is 1. The van der Waals surface area contributed by atoms with E-state index in [0.29, 0.717) is 24.0 Å². The highest BCUT2D eigenvalue weighted by Crippen LogP contribution is 2.26. The van der Waals surface area contributed by atoms with Gasteiger partial charge in [-0.25, -0.2) is 9.97 Å². The number of nitrogens with zero attached hydrogens (tertiary/aromatic N) is 5. The van der Waals surface area contributed by atoms with E-state index in [1.165, 1.54) is 0 Å². The van der Waals surface area contributed by atoms with Crippen LogP contribution in [-0.2, 0) is 11.3 Å². The molecule has 1 amide bonds. The first-order valence-corrected chi connectivity index (χ1v) is 11.4. The summed E-state index contributed by atoms with van der Waals surface area (Å²) >= 11 is 0. The van der Waals surface area contributed by atoms with E-state index in [2.05, 4.69) is 21.4 Å². The maximum atomic E-state index is 12.9. The number of pyridine rings is 1. The first-order chi connectivity index (χ1) is 15.9. The van der Waals surface area contributed by atoms with Gasteiger partial charge in [-0.3, -0.25) is 9.78 Å². The molecule has 1 atom stereocenters. The number of aryl methyl sites for hydroxylation is 1. The summed E-state index contributed by atoms with van der Waals surface area (Å²) in [5.74, 6) is 2.40. The van der Waals surface area contributed by atoms with Gasteiger partial charge in [-0.15, -0.1) is 0 Å². The van der Waals surface area contributed by atoms with Gasteiger partial charge in [0, 0.05) is 56.8 Å². The summed E-state index contributed by atoms with van der Waals surface area (Å²) in [6.45, 7) is 4.16. The maximum absolute atomic E-state index is 12.9. The lowest BCUT2D eigenvalue weighted by Crippen LogP contribution is -2.32. The summed E-state index contributed by atoms with van der Waals surface area (Å²) in [7, 11) is 5.70. The van der Waals surface area contributed by atoms with Crippen LogP contribution >= 0.6 is 0 Å². The van der Waals surface area contributed by atoms with Crippen molar-refractivity contribution in [3.05, 3.63) is 53.6 Å². The third-order valence-electron chi connectivity index (χ3n) is 5.91. The molecule has 1 aliphatic heterocycles. The highest BCUT2D eigenvalue weighted by atomic mass is 16.5. The molecule has 1 aliphatic rings. The fraction of sp³-hybridized carbons (Fsp3) is 0.440. The molecule has 3 aromatic rings. The third-order valence-corrected chi connectivity index (χ3v) is 5.91. The topological polar surface area (TPSA) is 83.5 Å². The number of hydrogen-bond acceptors (Lipinski definition) is 7. The summed E-state index contributed by atoms with van der Waals surface area (Å²) in [5.41, 5.74) is 2.74. The van der Waals surface area contributed by atoms with Gasteiger partial charge in [0.25, 0.3) is 5.91 Å². The van der Waals surface area contributed by atoms with Crippen LogP contribution in [0.3, 0.4) is 0 Å². The van der Waals surface area contributed by atoms with Crippen LogP contribution in [0.25, 0.3) is 10.9 Å². The molecule has 1 fully saturated rings. The molecule has 0 bridgehead atoms. The Morgan fingerprint density at radius 3 is 2.73 bits per heavy atom. The van der Waals surface area contributed by atoms with E-state index in [9.17, 15) is 4.79 Å². The number of piperidine rings is 1. The number of nitrogens with one attached hydrogen (secondary N) is 1. The Morgan fingerprint density at radius 2 is 1.97 bits per heavy atom. The van der Waals surface area contributed by atoms with Gasteiger partial charge in [0.15, 0.2) is 6.61 Å². The Kier molecular flexibility index (Phi) is 7.03. The third kappa shape index (κ3) is 5.57. The Labute approximate surface area is 195 Å². The van der Waals surface area contributed by atoms with E-state index in [-0.39, 0.29) is 12.5 Å². The maximum Gasteiger partial charge on any atom is 0.260 e. The minimum Gasteiger partial charge on any atom is -0.483 e. The first kappa shape index (κ1) is 22.9. The van der Waals surface area contributed by atoms with Crippen molar-refractivity contribution in [3.63, 3.8) is 0 Å². The second-order valence-corrected chi connectivity index (χ2v) is 8.82. The van der Waals surface area contributed by atoms with Gasteiger partial charge in [0.2, 0.25) is 0 Å². The highest BCUT2D eigenvalue weighted by Gasteiger charge is 2.20. The molecule has 0 unspecified atom stereocenters. The van der Waals surface area contributed by atoms with Crippen LogP contribution in [-0.4, -0.2) is 66.6 Å².